The predicted octanol–water partition coefficient (Wildman–Crippen LogP) is 3.26. The van der Waals surface area contributed by atoms with Gasteiger partial charge in [0.05, 0.1) is 6.54 Å². The van der Waals surface area contributed by atoms with Gasteiger partial charge in [-0.2, -0.15) is 0 Å². The maximum Gasteiger partial charge on any atom is 0.196 e. The zero-order chi connectivity index (χ0) is 16.4. The monoisotopic (exact) mass is 375 g/mol. The Bertz CT molecular complexity index is 903. The van der Waals surface area contributed by atoms with Gasteiger partial charge in [0.25, 0.3) is 0 Å². The Hall–Kier alpha value is -2.31. The number of aromatic hydroxyl groups is 2. The fourth-order valence-corrected chi connectivity index (χ4v) is 2.56. The lowest BCUT2D eigenvalue weighted by molar-refractivity contribution is 0.406. The molecular formula is C17H14BrNO4. The molecule has 0 aliphatic heterocycles. The number of fused-ring (bicyclic) bond motifs is 1. The van der Waals surface area contributed by atoms with E-state index in [1.54, 1.807) is 0 Å². The maximum absolute atomic E-state index is 12.1. The number of hydrogen-bond acceptors (Lipinski definition) is 5. The van der Waals surface area contributed by atoms with Crippen molar-refractivity contribution < 1.29 is 14.6 Å². The first-order chi connectivity index (χ1) is 11.0. The molecule has 0 unspecified atom stereocenters. The molecule has 0 amide bonds. The van der Waals surface area contributed by atoms with Crippen molar-refractivity contribution in [3.8, 4) is 11.5 Å². The highest BCUT2D eigenvalue weighted by molar-refractivity contribution is 9.10. The minimum absolute atomic E-state index is 0.0124. The first-order valence-corrected chi connectivity index (χ1v) is 7.77. The normalized spacial score (nSPS) is 11.0. The van der Waals surface area contributed by atoms with E-state index in [0.717, 1.165) is 10.0 Å². The molecule has 0 radical (unpaired) electrons. The Morgan fingerprint density at radius 3 is 2.52 bits per heavy atom. The van der Waals surface area contributed by atoms with Crippen molar-refractivity contribution in [3.05, 3.63) is 68.5 Å². The van der Waals surface area contributed by atoms with Crippen LogP contribution in [0.1, 0.15) is 11.3 Å². The quantitative estimate of drug-likeness (QED) is 0.609. The van der Waals surface area contributed by atoms with Crippen LogP contribution in [-0.2, 0) is 13.1 Å². The van der Waals surface area contributed by atoms with Gasteiger partial charge >= 0.3 is 0 Å². The molecule has 3 rings (SSSR count). The first-order valence-electron chi connectivity index (χ1n) is 6.97. The van der Waals surface area contributed by atoms with Gasteiger partial charge in [0.15, 0.2) is 16.9 Å². The smallest absolute Gasteiger partial charge is 0.196 e. The number of rotatable bonds is 4. The Kier molecular flexibility index (Phi) is 4.36. The predicted molar refractivity (Wildman–Crippen MR) is 90.5 cm³/mol. The number of hydrogen-bond donors (Lipinski definition) is 3. The van der Waals surface area contributed by atoms with Crippen molar-refractivity contribution in [2.45, 2.75) is 13.1 Å². The van der Waals surface area contributed by atoms with Gasteiger partial charge < -0.3 is 19.9 Å². The third-order valence-electron chi connectivity index (χ3n) is 3.44. The minimum atomic E-state index is -0.453. The highest BCUT2D eigenvalue weighted by Gasteiger charge is 2.12. The summed E-state index contributed by atoms with van der Waals surface area (Å²) >= 11 is 3.38. The van der Waals surface area contributed by atoms with Crippen molar-refractivity contribution in [1.82, 2.24) is 5.32 Å². The van der Waals surface area contributed by atoms with Gasteiger partial charge in [-0.3, -0.25) is 4.79 Å². The van der Waals surface area contributed by atoms with Gasteiger partial charge in [0.2, 0.25) is 0 Å². The average molecular weight is 376 g/mol. The van der Waals surface area contributed by atoms with Crippen LogP contribution in [0.25, 0.3) is 11.0 Å². The van der Waals surface area contributed by atoms with Crippen LogP contribution < -0.4 is 10.7 Å². The molecule has 0 spiro atoms. The number of phenolic OH excluding ortho intramolecular Hbond substituents is 2. The fourth-order valence-electron chi connectivity index (χ4n) is 2.29. The molecule has 2 aromatic carbocycles. The average Bonchev–Trinajstić information content (AvgIpc) is 2.53. The minimum Gasteiger partial charge on any atom is -0.504 e. The molecule has 0 atom stereocenters. The lowest BCUT2D eigenvalue weighted by Crippen LogP contribution is -2.14. The molecule has 0 aliphatic carbocycles. The highest BCUT2D eigenvalue weighted by atomic mass is 79.9. The van der Waals surface area contributed by atoms with Crippen LogP contribution in [0.3, 0.4) is 0 Å². The number of phenols is 2. The summed E-state index contributed by atoms with van der Waals surface area (Å²) in [7, 11) is 0. The van der Waals surface area contributed by atoms with Crippen molar-refractivity contribution >= 4 is 26.9 Å². The molecule has 0 aliphatic rings. The molecule has 5 nitrogen and oxygen atoms in total. The summed E-state index contributed by atoms with van der Waals surface area (Å²) in [6.45, 7) is 1.01. The van der Waals surface area contributed by atoms with Crippen molar-refractivity contribution in [1.29, 1.82) is 0 Å². The van der Waals surface area contributed by atoms with Crippen LogP contribution in [0.2, 0.25) is 0 Å². The van der Waals surface area contributed by atoms with Gasteiger partial charge in [-0.1, -0.05) is 28.1 Å². The molecular weight excluding hydrogens is 362 g/mol. The Morgan fingerprint density at radius 1 is 1.04 bits per heavy atom. The lowest BCUT2D eigenvalue weighted by Gasteiger charge is -2.07. The van der Waals surface area contributed by atoms with Gasteiger partial charge in [0.1, 0.15) is 16.7 Å². The maximum atomic E-state index is 12.1. The number of benzene rings is 2. The summed E-state index contributed by atoms with van der Waals surface area (Å²) in [6, 6.07) is 12.0. The molecule has 3 aromatic rings. The number of nitrogens with one attached hydrogen (secondary N) is 1. The van der Waals surface area contributed by atoms with Crippen molar-refractivity contribution in [2.24, 2.45) is 0 Å². The van der Waals surface area contributed by atoms with Crippen LogP contribution in [0, 0.1) is 0 Å². The van der Waals surface area contributed by atoms with Gasteiger partial charge in [-0.15, -0.1) is 0 Å². The third-order valence-corrected chi connectivity index (χ3v) is 3.97. The van der Waals surface area contributed by atoms with Crippen LogP contribution in [0.4, 0.5) is 0 Å². The molecule has 0 bridgehead atoms. The second-order valence-corrected chi connectivity index (χ2v) is 6.03. The molecule has 0 saturated carbocycles. The van der Waals surface area contributed by atoms with E-state index in [2.05, 4.69) is 21.2 Å². The number of halogens is 1. The Labute approximate surface area is 140 Å². The highest BCUT2D eigenvalue weighted by Crippen LogP contribution is 2.31. The van der Waals surface area contributed by atoms with Gasteiger partial charge in [0, 0.05) is 17.1 Å². The summed E-state index contributed by atoms with van der Waals surface area (Å²) in [5.41, 5.74) is 0.965. The van der Waals surface area contributed by atoms with Crippen molar-refractivity contribution in [2.75, 3.05) is 0 Å². The van der Waals surface area contributed by atoms with Crippen LogP contribution in [-0.4, -0.2) is 10.2 Å². The second kappa shape index (κ2) is 6.44. The Morgan fingerprint density at radius 2 is 1.78 bits per heavy atom. The zero-order valence-electron chi connectivity index (χ0n) is 12.0. The summed E-state index contributed by atoms with van der Waals surface area (Å²) in [5, 5.41) is 22.4. The summed E-state index contributed by atoms with van der Waals surface area (Å²) in [6.07, 6.45) is 0. The van der Waals surface area contributed by atoms with E-state index in [-0.39, 0.29) is 22.1 Å². The fraction of sp³-hybridized carbons (Fsp3) is 0.118. The molecule has 6 heteroatoms. The zero-order valence-corrected chi connectivity index (χ0v) is 13.6. The lowest BCUT2D eigenvalue weighted by atomic mass is 10.2. The third kappa shape index (κ3) is 3.38. The van der Waals surface area contributed by atoms with E-state index in [4.69, 9.17) is 4.42 Å². The van der Waals surface area contributed by atoms with Gasteiger partial charge in [-0.25, -0.2) is 0 Å². The topological polar surface area (TPSA) is 82.7 Å². The van der Waals surface area contributed by atoms with Crippen LogP contribution in [0.5, 0.6) is 11.5 Å². The van der Waals surface area contributed by atoms with E-state index in [9.17, 15) is 15.0 Å². The van der Waals surface area contributed by atoms with Gasteiger partial charge in [-0.05, 0) is 29.8 Å². The van der Waals surface area contributed by atoms with E-state index >= 15 is 0 Å². The van der Waals surface area contributed by atoms with E-state index in [1.807, 2.05) is 24.3 Å². The van der Waals surface area contributed by atoms with Crippen LogP contribution in [0.15, 0.2) is 56.1 Å². The molecule has 3 N–H and O–H groups in total. The first kappa shape index (κ1) is 15.6. The summed E-state index contributed by atoms with van der Waals surface area (Å²) in [5.74, 6) is -0.332. The second-order valence-electron chi connectivity index (χ2n) is 5.11. The Balaban J connectivity index is 1.77. The SMILES string of the molecule is O=c1cc(CNCc2ccc(Br)cc2)oc2ccc(O)c(O)c12. The van der Waals surface area contributed by atoms with Crippen LogP contribution >= 0.6 is 15.9 Å². The molecule has 1 aromatic heterocycles. The standard InChI is InChI=1S/C17H14BrNO4/c18-11-3-1-10(2-4-11)8-19-9-12-7-14(21)16-15(23-12)6-5-13(20)17(16)22/h1-7,19-20,22H,8-9H2. The molecule has 0 fully saturated rings. The van der Waals surface area contributed by atoms with Crippen molar-refractivity contribution in [3.63, 3.8) is 0 Å². The molecule has 23 heavy (non-hydrogen) atoms. The molecule has 0 saturated heterocycles. The van der Waals surface area contributed by atoms with E-state index in [1.165, 1.54) is 18.2 Å². The molecule has 1 heterocycles. The summed E-state index contributed by atoms with van der Waals surface area (Å²) < 4.78 is 6.61. The summed E-state index contributed by atoms with van der Waals surface area (Å²) in [4.78, 5) is 12.1. The molecule has 118 valence electrons. The van der Waals surface area contributed by atoms with E-state index in [0.29, 0.717) is 18.8 Å². The van der Waals surface area contributed by atoms with E-state index < -0.39 is 5.75 Å². The largest absolute Gasteiger partial charge is 0.504 e.